The molecule has 0 radical (unpaired) electrons. The Labute approximate surface area is 100 Å². The summed E-state index contributed by atoms with van der Waals surface area (Å²) in [6, 6.07) is 5.41. The summed E-state index contributed by atoms with van der Waals surface area (Å²) < 4.78 is 0. The quantitative estimate of drug-likeness (QED) is 0.654. The van der Waals surface area contributed by atoms with E-state index in [-0.39, 0.29) is 0 Å². The first-order valence-corrected chi connectivity index (χ1v) is 6.03. The number of hydrogen-bond acceptors (Lipinski definition) is 1. The van der Waals surface area contributed by atoms with Gasteiger partial charge in [0.05, 0.1) is 10.7 Å². The van der Waals surface area contributed by atoms with Gasteiger partial charge in [-0.25, -0.2) is 0 Å². The molecule has 1 saturated carbocycles. The third-order valence-electron chi connectivity index (χ3n) is 2.62. The van der Waals surface area contributed by atoms with Crippen LogP contribution in [0.4, 0.5) is 5.69 Å². The fourth-order valence-corrected chi connectivity index (χ4v) is 2.14. The first kappa shape index (κ1) is 11.0. The maximum Gasteiger partial charge on any atom is 0.0830 e. The fraction of sp³-hybridized carbons (Fsp3) is 0.417. The smallest absolute Gasteiger partial charge is 0.0830 e. The van der Waals surface area contributed by atoms with Crippen LogP contribution in [0.15, 0.2) is 23.2 Å². The predicted octanol–water partition coefficient (Wildman–Crippen LogP) is 5.03. The highest BCUT2D eigenvalue weighted by Gasteiger charge is 2.08. The summed E-state index contributed by atoms with van der Waals surface area (Å²) in [5.74, 6) is 0. The van der Waals surface area contributed by atoms with Gasteiger partial charge in [-0.15, -0.1) is 0 Å². The van der Waals surface area contributed by atoms with Crippen molar-refractivity contribution in [3.63, 3.8) is 0 Å². The first-order chi connectivity index (χ1) is 7.25. The molecule has 3 heteroatoms. The van der Waals surface area contributed by atoms with Crippen molar-refractivity contribution in [2.24, 2.45) is 4.99 Å². The van der Waals surface area contributed by atoms with Crippen LogP contribution in [0.3, 0.4) is 0 Å². The van der Waals surface area contributed by atoms with Crippen molar-refractivity contribution < 1.29 is 0 Å². The van der Waals surface area contributed by atoms with Crippen molar-refractivity contribution in [1.29, 1.82) is 0 Å². The van der Waals surface area contributed by atoms with Crippen LogP contribution in [0.2, 0.25) is 10.0 Å². The maximum absolute atomic E-state index is 6.05. The Hall–Kier alpha value is -0.530. The summed E-state index contributed by atoms with van der Waals surface area (Å²) in [7, 11) is 0. The molecule has 1 fully saturated rings. The second kappa shape index (κ2) is 5.00. The van der Waals surface area contributed by atoms with E-state index in [9.17, 15) is 0 Å². The fourth-order valence-electron chi connectivity index (χ4n) is 1.81. The highest BCUT2D eigenvalue weighted by Crippen LogP contribution is 2.29. The Balaban J connectivity index is 2.25. The molecule has 0 saturated heterocycles. The average Bonchev–Trinajstić information content (AvgIpc) is 2.25. The van der Waals surface area contributed by atoms with Crippen LogP contribution >= 0.6 is 23.2 Å². The van der Waals surface area contributed by atoms with Crippen molar-refractivity contribution in [3.8, 4) is 0 Å². The van der Waals surface area contributed by atoms with E-state index in [0.29, 0.717) is 10.0 Å². The minimum Gasteiger partial charge on any atom is -0.256 e. The number of aliphatic imine (C=N–C) groups is 1. The van der Waals surface area contributed by atoms with Crippen LogP contribution in [0.25, 0.3) is 0 Å². The Morgan fingerprint density at radius 1 is 1.00 bits per heavy atom. The SMILES string of the molecule is Clc1ccc(Cl)c(N=C2CCCCC2)c1. The first-order valence-electron chi connectivity index (χ1n) is 5.27. The van der Waals surface area contributed by atoms with Crippen molar-refractivity contribution in [2.75, 3.05) is 0 Å². The van der Waals surface area contributed by atoms with Gasteiger partial charge in [-0.05, 0) is 43.9 Å². The minimum absolute atomic E-state index is 0.678. The Kier molecular flexibility index (Phi) is 3.66. The molecule has 0 bridgehead atoms. The molecule has 0 aliphatic heterocycles. The summed E-state index contributed by atoms with van der Waals surface area (Å²) in [4.78, 5) is 4.58. The van der Waals surface area contributed by atoms with Crippen LogP contribution < -0.4 is 0 Å². The average molecular weight is 242 g/mol. The highest BCUT2D eigenvalue weighted by molar-refractivity contribution is 6.35. The highest BCUT2D eigenvalue weighted by atomic mass is 35.5. The molecule has 0 unspecified atom stereocenters. The molecule has 1 aliphatic rings. The number of benzene rings is 1. The molecule has 1 aromatic rings. The van der Waals surface area contributed by atoms with Gasteiger partial charge in [0.2, 0.25) is 0 Å². The lowest BCUT2D eigenvalue weighted by atomic mass is 9.98. The van der Waals surface area contributed by atoms with E-state index in [1.54, 1.807) is 12.1 Å². The van der Waals surface area contributed by atoms with Gasteiger partial charge in [-0.3, -0.25) is 4.99 Å². The van der Waals surface area contributed by atoms with E-state index < -0.39 is 0 Å². The van der Waals surface area contributed by atoms with Gasteiger partial charge in [0.25, 0.3) is 0 Å². The molecule has 1 aliphatic carbocycles. The van der Waals surface area contributed by atoms with Crippen molar-refractivity contribution in [1.82, 2.24) is 0 Å². The summed E-state index contributed by atoms with van der Waals surface area (Å²) in [5.41, 5.74) is 2.06. The van der Waals surface area contributed by atoms with Crippen molar-refractivity contribution in [2.45, 2.75) is 32.1 Å². The second-order valence-corrected chi connectivity index (χ2v) is 4.68. The number of hydrogen-bond donors (Lipinski definition) is 0. The monoisotopic (exact) mass is 241 g/mol. The lowest BCUT2D eigenvalue weighted by Crippen LogP contribution is -2.03. The van der Waals surface area contributed by atoms with Crippen LogP contribution in [0, 0.1) is 0 Å². The topological polar surface area (TPSA) is 12.4 Å². The molecule has 80 valence electrons. The van der Waals surface area contributed by atoms with Gasteiger partial charge < -0.3 is 0 Å². The molecular weight excluding hydrogens is 229 g/mol. The number of rotatable bonds is 1. The number of halogens is 2. The van der Waals surface area contributed by atoms with Gasteiger partial charge in [-0.1, -0.05) is 29.6 Å². The largest absolute Gasteiger partial charge is 0.256 e. The molecule has 15 heavy (non-hydrogen) atoms. The van der Waals surface area contributed by atoms with Crippen molar-refractivity contribution in [3.05, 3.63) is 28.2 Å². The molecule has 1 nitrogen and oxygen atoms in total. The van der Waals surface area contributed by atoms with E-state index in [2.05, 4.69) is 4.99 Å². The van der Waals surface area contributed by atoms with Crippen molar-refractivity contribution >= 4 is 34.6 Å². The van der Waals surface area contributed by atoms with Gasteiger partial charge >= 0.3 is 0 Å². The number of nitrogens with zero attached hydrogens (tertiary/aromatic N) is 1. The third-order valence-corrected chi connectivity index (χ3v) is 3.17. The Morgan fingerprint density at radius 2 is 1.73 bits per heavy atom. The Bertz CT molecular complexity index is 377. The molecule has 0 N–H and O–H groups in total. The van der Waals surface area contributed by atoms with Gasteiger partial charge in [0.1, 0.15) is 0 Å². The van der Waals surface area contributed by atoms with E-state index in [4.69, 9.17) is 23.2 Å². The molecule has 2 rings (SSSR count). The van der Waals surface area contributed by atoms with Crippen LogP contribution in [-0.2, 0) is 0 Å². The van der Waals surface area contributed by atoms with Gasteiger partial charge in [0, 0.05) is 10.7 Å². The summed E-state index contributed by atoms with van der Waals surface area (Å²) in [6.07, 6.45) is 6.02. The summed E-state index contributed by atoms with van der Waals surface area (Å²) in [6.45, 7) is 0. The van der Waals surface area contributed by atoms with E-state index in [0.717, 1.165) is 18.5 Å². The van der Waals surface area contributed by atoms with E-state index in [1.165, 1.54) is 25.0 Å². The second-order valence-electron chi connectivity index (χ2n) is 3.83. The minimum atomic E-state index is 0.678. The molecule has 1 aromatic carbocycles. The molecule has 0 aromatic heterocycles. The van der Waals surface area contributed by atoms with Crippen LogP contribution in [0.5, 0.6) is 0 Å². The molecule has 0 spiro atoms. The lowest BCUT2D eigenvalue weighted by molar-refractivity contribution is 0.667. The van der Waals surface area contributed by atoms with E-state index >= 15 is 0 Å². The zero-order valence-electron chi connectivity index (χ0n) is 8.47. The molecule has 0 amide bonds. The zero-order valence-corrected chi connectivity index (χ0v) is 9.98. The Morgan fingerprint density at radius 3 is 2.47 bits per heavy atom. The predicted molar refractivity (Wildman–Crippen MR) is 66.6 cm³/mol. The van der Waals surface area contributed by atoms with Crippen LogP contribution in [-0.4, -0.2) is 5.71 Å². The molecule has 0 heterocycles. The van der Waals surface area contributed by atoms with Gasteiger partial charge in [-0.2, -0.15) is 0 Å². The third kappa shape index (κ3) is 2.96. The zero-order chi connectivity index (χ0) is 10.7. The summed E-state index contributed by atoms with van der Waals surface area (Å²) >= 11 is 12.0. The standard InChI is InChI=1S/C12H13Cl2N/c13-9-6-7-11(14)12(8-9)15-10-4-2-1-3-5-10/h6-8H,1-5H2. The van der Waals surface area contributed by atoms with E-state index in [1.807, 2.05) is 6.07 Å². The van der Waals surface area contributed by atoms with Gasteiger partial charge in [0.15, 0.2) is 0 Å². The van der Waals surface area contributed by atoms with Crippen LogP contribution in [0.1, 0.15) is 32.1 Å². The molecule has 0 atom stereocenters. The molecular formula is C12H13Cl2N. The summed E-state index contributed by atoms with van der Waals surface area (Å²) in [5, 5.41) is 1.37. The maximum atomic E-state index is 6.05. The lowest BCUT2D eigenvalue weighted by Gasteiger charge is -2.12. The normalized spacial score (nSPS) is 16.5.